The Kier molecular flexibility index (Phi) is 7.09. The van der Waals surface area contributed by atoms with Gasteiger partial charge in [-0.1, -0.05) is 158 Å². The molecular weight excluding hydrogens is 717 g/mol. The van der Waals surface area contributed by atoms with Gasteiger partial charge >= 0.3 is 0 Å². The molecule has 0 bridgehead atoms. The first-order valence-corrected chi connectivity index (χ1v) is 20.0. The summed E-state index contributed by atoms with van der Waals surface area (Å²) in [5, 5.41) is 10.8. The third-order valence-corrected chi connectivity index (χ3v) is 12.5. The number of para-hydroxylation sites is 4. The van der Waals surface area contributed by atoms with Crippen molar-refractivity contribution in [1.29, 1.82) is 0 Å². The van der Waals surface area contributed by atoms with Gasteiger partial charge in [-0.2, -0.15) is 0 Å². The fourth-order valence-electron chi connectivity index (χ4n) is 8.75. The van der Waals surface area contributed by atoms with E-state index >= 15 is 0 Å². The van der Waals surface area contributed by atoms with E-state index in [1.807, 2.05) is 47.7 Å². The van der Waals surface area contributed by atoms with Crippen LogP contribution in [0.2, 0.25) is 0 Å². The topological polar surface area (TPSA) is 54.8 Å². The van der Waals surface area contributed by atoms with Crippen LogP contribution >= 0.6 is 11.3 Å². The zero-order chi connectivity index (χ0) is 37.5. The van der Waals surface area contributed by atoms with Gasteiger partial charge in [-0.25, -0.2) is 9.98 Å². The third kappa shape index (κ3) is 4.94. The minimum absolute atomic E-state index is 0.413. The van der Waals surface area contributed by atoms with Crippen LogP contribution in [0, 0.1) is 0 Å². The van der Waals surface area contributed by atoms with Gasteiger partial charge in [0.05, 0.1) is 21.4 Å². The summed E-state index contributed by atoms with van der Waals surface area (Å²) in [5.74, 6) is 1.46. The van der Waals surface area contributed by atoms with E-state index in [0.29, 0.717) is 5.84 Å². The number of amidine groups is 2. The minimum atomic E-state index is -0.413. The summed E-state index contributed by atoms with van der Waals surface area (Å²) in [7, 11) is 0. The van der Waals surface area contributed by atoms with Gasteiger partial charge < -0.3 is 14.3 Å². The predicted molar refractivity (Wildman–Crippen MR) is 238 cm³/mol. The molecule has 1 N–H and O–H groups in total. The Morgan fingerprint density at radius 2 is 1.11 bits per heavy atom. The van der Waals surface area contributed by atoms with Crippen LogP contribution < -0.4 is 5.32 Å². The molecule has 0 aliphatic carbocycles. The normalized spacial score (nSPS) is 14.5. The number of fused-ring (bicyclic) bond motifs is 9. The van der Waals surface area contributed by atoms with Crippen LogP contribution in [0.15, 0.2) is 196 Å². The zero-order valence-corrected chi connectivity index (χ0v) is 31.4. The van der Waals surface area contributed by atoms with Crippen molar-refractivity contribution in [2.24, 2.45) is 9.98 Å². The number of nitrogens with one attached hydrogen (secondary N) is 1. The van der Waals surface area contributed by atoms with Gasteiger partial charge in [0.25, 0.3) is 0 Å². The van der Waals surface area contributed by atoms with Crippen LogP contribution in [-0.4, -0.2) is 16.2 Å². The molecule has 12 rings (SSSR count). The molecule has 0 amide bonds. The number of hydrogen-bond donors (Lipinski definition) is 1. The standard InChI is InChI=1S/C51H32N4OS/c1-3-15-31(16-4-1)49-52-50(32-17-5-2-6-18-32)54-51(53-49)40-26-12-24-38-37-23-11-22-36(46(37)56-47(38)40)35-21-14-30-44-45(35)39-25-13-29-43(48(39)57-44)55-41-27-9-7-19-33(41)34-20-8-10-28-42(34)55/h1-30,51H,(H,52,53,54). The first-order valence-electron chi connectivity index (χ1n) is 19.2. The van der Waals surface area contributed by atoms with Gasteiger partial charge in [0.15, 0.2) is 12.0 Å². The van der Waals surface area contributed by atoms with E-state index in [-0.39, 0.29) is 0 Å². The number of hydrogen-bond acceptors (Lipinski definition) is 5. The maximum atomic E-state index is 7.07. The number of nitrogens with zero attached hydrogens (tertiary/aromatic N) is 3. The summed E-state index contributed by atoms with van der Waals surface area (Å²) < 4.78 is 12.0. The highest BCUT2D eigenvalue weighted by atomic mass is 32.1. The summed E-state index contributed by atoms with van der Waals surface area (Å²) in [6, 6.07) is 64.2. The largest absolute Gasteiger partial charge is 0.455 e. The van der Waals surface area contributed by atoms with E-state index in [2.05, 4.69) is 155 Å². The Labute approximate surface area is 331 Å². The lowest BCUT2D eigenvalue weighted by molar-refractivity contribution is 0.629. The van der Waals surface area contributed by atoms with Crippen molar-refractivity contribution in [1.82, 2.24) is 9.88 Å². The molecule has 57 heavy (non-hydrogen) atoms. The lowest BCUT2D eigenvalue weighted by atomic mass is 9.97. The van der Waals surface area contributed by atoms with Crippen molar-refractivity contribution in [3.05, 3.63) is 199 Å². The summed E-state index contributed by atoms with van der Waals surface area (Å²) in [5.41, 5.74) is 10.4. The first-order chi connectivity index (χ1) is 28.3. The highest BCUT2D eigenvalue weighted by molar-refractivity contribution is 7.26. The fraction of sp³-hybridized carbons (Fsp3) is 0.0196. The molecule has 0 radical (unpaired) electrons. The summed E-state index contributed by atoms with van der Waals surface area (Å²) in [6.07, 6.45) is -0.413. The molecule has 0 fully saturated rings. The summed E-state index contributed by atoms with van der Waals surface area (Å²) in [4.78, 5) is 10.2. The molecule has 0 saturated heterocycles. The second kappa shape index (κ2) is 12.6. The second-order valence-corrected chi connectivity index (χ2v) is 15.6. The van der Waals surface area contributed by atoms with Crippen LogP contribution in [0.3, 0.4) is 0 Å². The van der Waals surface area contributed by atoms with Gasteiger partial charge in [0.2, 0.25) is 0 Å². The molecule has 268 valence electrons. The lowest BCUT2D eigenvalue weighted by Gasteiger charge is -2.23. The Bertz CT molecular complexity index is 3390. The van der Waals surface area contributed by atoms with Gasteiger partial charge in [0.1, 0.15) is 17.0 Å². The van der Waals surface area contributed by atoms with Crippen LogP contribution in [0.1, 0.15) is 22.9 Å². The molecule has 1 aliphatic rings. The Hall–Kier alpha value is -7.28. The summed E-state index contributed by atoms with van der Waals surface area (Å²) >= 11 is 1.86. The van der Waals surface area contributed by atoms with E-state index in [0.717, 1.165) is 55.6 Å². The van der Waals surface area contributed by atoms with E-state index in [1.54, 1.807) is 0 Å². The molecule has 1 aliphatic heterocycles. The average molecular weight is 749 g/mol. The maximum Gasteiger partial charge on any atom is 0.159 e. The van der Waals surface area contributed by atoms with Crippen molar-refractivity contribution in [2.45, 2.75) is 6.17 Å². The lowest BCUT2D eigenvalue weighted by Crippen LogP contribution is -2.33. The van der Waals surface area contributed by atoms with Crippen molar-refractivity contribution < 1.29 is 4.42 Å². The maximum absolute atomic E-state index is 7.07. The molecule has 6 heteroatoms. The van der Waals surface area contributed by atoms with Crippen LogP contribution in [0.4, 0.5) is 0 Å². The van der Waals surface area contributed by atoms with E-state index < -0.39 is 6.17 Å². The van der Waals surface area contributed by atoms with Gasteiger partial charge in [-0.05, 0) is 29.8 Å². The molecule has 3 aromatic heterocycles. The highest BCUT2D eigenvalue weighted by Crippen LogP contribution is 2.46. The number of aliphatic imine (C=N–C) groups is 2. The van der Waals surface area contributed by atoms with Crippen molar-refractivity contribution >= 4 is 86.9 Å². The van der Waals surface area contributed by atoms with E-state index in [1.165, 1.54) is 47.7 Å². The number of furan rings is 1. The quantitative estimate of drug-likeness (QED) is 0.191. The first kappa shape index (κ1) is 32.0. The van der Waals surface area contributed by atoms with Crippen molar-refractivity contribution in [2.75, 3.05) is 0 Å². The smallest absolute Gasteiger partial charge is 0.159 e. The molecule has 11 aromatic rings. The van der Waals surface area contributed by atoms with E-state index in [4.69, 9.17) is 14.4 Å². The number of aromatic nitrogens is 1. The van der Waals surface area contributed by atoms with Crippen LogP contribution in [0.25, 0.3) is 80.7 Å². The molecule has 0 saturated carbocycles. The summed E-state index contributed by atoms with van der Waals surface area (Å²) in [6.45, 7) is 0. The van der Waals surface area contributed by atoms with Gasteiger partial charge in [0, 0.05) is 59.3 Å². The van der Waals surface area contributed by atoms with Crippen molar-refractivity contribution in [3.8, 4) is 16.8 Å². The average Bonchev–Trinajstić information content (AvgIpc) is 3.97. The second-order valence-electron chi connectivity index (χ2n) is 14.5. The highest BCUT2D eigenvalue weighted by Gasteiger charge is 2.26. The molecule has 1 unspecified atom stereocenters. The molecule has 5 nitrogen and oxygen atoms in total. The van der Waals surface area contributed by atoms with Crippen LogP contribution in [0.5, 0.6) is 0 Å². The van der Waals surface area contributed by atoms with Gasteiger partial charge in [-0.15, -0.1) is 11.3 Å². The number of thiophene rings is 1. The molecule has 4 heterocycles. The Morgan fingerprint density at radius 1 is 0.509 bits per heavy atom. The van der Waals surface area contributed by atoms with Crippen LogP contribution in [-0.2, 0) is 0 Å². The van der Waals surface area contributed by atoms with Crippen molar-refractivity contribution in [3.63, 3.8) is 0 Å². The Balaban J connectivity index is 1.04. The fourth-order valence-corrected chi connectivity index (χ4v) is 9.99. The molecule has 8 aromatic carbocycles. The third-order valence-electron chi connectivity index (χ3n) is 11.3. The number of benzene rings is 8. The number of rotatable bonds is 5. The Morgan fingerprint density at radius 3 is 1.88 bits per heavy atom. The monoisotopic (exact) mass is 748 g/mol. The zero-order valence-electron chi connectivity index (χ0n) is 30.6. The minimum Gasteiger partial charge on any atom is -0.455 e. The van der Waals surface area contributed by atoms with Gasteiger partial charge in [-0.3, -0.25) is 0 Å². The predicted octanol–water partition coefficient (Wildman–Crippen LogP) is 13.2. The molecule has 1 atom stereocenters. The van der Waals surface area contributed by atoms with E-state index in [9.17, 15) is 0 Å². The molecular formula is C51H32N4OS. The SMILES string of the molecule is c1ccc(C2=NC(c3cccc4c3oc3c(-c5cccc6sc7c(-n8c9ccccc9c9ccccc98)cccc7c56)cccc34)NC(c3ccccc3)=N2)cc1. The molecule has 0 spiro atoms.